The molecular formula is C16H23N3O2. The summed E-state index contributed by atoms with van der Waals surface area (Å²) in [4.78, 5) is 1.97. The fourth-order valence-corrected chi connectivity index (χ4v) is 2.62. The number of aryl methyl sites for hydroxylation is 2. The number of nitrogen functional groups attached to an aromatic ring is 1. The van der Waals surface area contributed by atoms with Gasteiger partial charge in [0, 0.05) is 49.0 Å². The molecule has 0 fully saturated rings. The molecule has 0 saturated heterocycles. The van der Waals surface area contributed by atoms with Gasteiger partial charge >= 0.3 is 0 Å². The minimum atomic E-state index is 0.0449. The number of anilines is 2. The Hall–Kier alpha value is -1.98. The molecule has 0 unspecified atom stereocenters. The van der Waals surface area contributed by atoms with Gasteiger partial charge in [-0.25, -0.2) is 0 Å². The van der Waals surface area contributed by atoms with Crippen molar-refractivity contribution in [1.82, 2.24) is 4.57 Å². The zero-order valence-electron chi connectivity index (χ0n) is 12.6. The molecule has 0 amide bonds. The second kappa shape index (κ2) is 6.65. The highest BCUT2D eigenvalue weighted by atomic mass is 16.3. The summed E-state index contributed by atoms with van der Waals surface area (Å²) in [7, 11) is 1.98. The minimum Gasteiger partial charge on any atom is -0.398 e. The van der Waals surface area contributed by atoms with E-state index in [1.165, 1.54) is 0 Å². The van der Waals surface area contributed by atoms with Gasteiger partial charge in [-0.05, 0) is 36.8 Å². The molecule has 2 aromatic rings. The lowest BCUT2D eigenvalue weighted by molar-refractivity contribution is 0.281. The zero-order valence-corrected chi connectivity index (χ0v) is 12.6. The Morgan fingerprint density at radius 2 is 1.86 bits per heavy atom. The zero-order chi connectivity index (χ0) is 15.4. The highest BCUT2D eigenvalue weighted by molar-refractivity contribution is 5.80. The quantitative estimate of drug-likeness (QED) is 0.702. The normalized spacial score (nSPS) is 10.9. The van der Waals surface area contributed by atoms with E-state index in [0.29, 0.717) is 13.1 Å². The van der Waals surface area contributed by atoms with Crippen molar-refractivity contribution in [1.29, 1.82) is 0 Å². The summed E-state index contributed by atoms with van der Waals surface area (Å²) in [6, 6.07) is 7.98. The van der Waals surface area contributed by atoms with Crippen LogP contribution in [-0.4, -0.2) is 41.1 Å². The second-order valence-electron chi connectivity index (χ2n) is 5.16. The Morgan fingerprint density at radius 1 is 1.19 bits per heavy atom. The Balaban J connectivity index is 2.49. The fraction of sp³-hybridized carbons (Fsp3) is 0.375. The highest BCUT2D eigenvalue weighted by Gasteiger charge is 2.14. The predicted octanol–water partition coefficient (Wildman–Crippen LogP) is 1.37. The van der Waals surface area contributed by atoms with Crippen LogP contribution in [0.2, 0.25) is 0 Å². The Kier molecular flexibility index (Phi) is 4.88. The van der Waals surface area contributed by atoms with Gasteiger partial charge in [-0.15, -0.1) is 0 Å². The van der Waals surface area contributed by atoms with E-state index in [2.05, 4.69) is 0 Å². The van der Waals surface area contributed by atoms with Crippen LogP contribution < -0.4 is 10.6 Å². The smallest absolute Gasteiger partial charge is 0.0606 e. The first-order chi connectivity index (χ1) is 10.1. The predicted molar refractivity (Wildman–Crippen MR) is 86.4 cm³/mol. The molecule has 21 heavy (non-hydrogen) atoms. The molecule has 1 aromatic heterocycles. The Bertz CT molecular complexity index is 602. The number of aliphatic hydroxyl groups excluding tert-OH is 2. The van der Waals surface area contributed by atoms with Crippen LogP contribution in [0, 0.1) is 6.92 Å². The lowest BCUT2D eigenvalue weighted by atomic mass is 10.0. The summed E-state index contributed by atoms with van der Waals surface area (Å²) in [6.45, 7) is 3.05. The van der Waals surface area contributed by atoms with Gasteiger partial charge in [-0.1, -0.05) is 0 Å². The Labute approximate surface area is 125 Å². The largest absolute Gasteiger partial charge is 0.398 e. The number of hydrogen-bond donors (Lipinski definition) is 3. The molecule has 5 heteroatoms. The summed E-state index contributed by atoms with van der Waals surface area (Å²) in [5.74, 6) is 0. The summed E-state index contributed by atoms with van der Waals surface area (Å²) < 4.78 is 2.02. The lowest BCUT2D eigenvalue weighted by Crippen LogP contribution is -2.30. The van der Waals surface area contributed by atoms with Crippen molar-refractivity contribution in [2.75, 3.05) is 36.9 Å². The first-order valence-corrected chi connectivity index (χ1v) is 7.07. The monoisotopic (exact) mass is 289 g/mol. The summed E-state index contributed by atoms with van der Waals surface area (Å²) >= 11 is 0. The van der Waals surface area contributed by atoms with Crippen molar-refractivity contribution in [3.63, 3.8) is 0 Å². The van der Waals surface area contributed by atoms with E-state index in [1.54, 1.807) is 0 Å². The van der Waals surface area contributed by atoms with E-state index >= 15 is 0 Å². The summed E-state index contributed by atoms with van der Waals surface area (Å²) in [6.07, 6.45) is 1.98. The number of rotatable bonds is 6. The van der Waals surface area contributed by atoms with Crippen molar-refractivity contribution < 1.29 is 10.2 Å². The molecule has 0 aliphatic rings. The van der Waals surface area contributed by atoms with Crippen molar-refractivity contribution in [3.8, 4) is 11.3 Å². The number of benzene rings is 1. The molecular weight excluding hydrogens is 266 g/mol. The Morgan fingerprint density at radius 3 is 2.38 bits per heavy atom. The molecule has 1 aromatic carbocycles. The average Bonchev–Trinajstić information content (AvgIpc) is 2.85. The van der Waals surface area contributed by atoms with Crippen LogP contribution in [0.3, 0.4) is 0 Å². The van der Waals surface area contributed by atoms with Gasteiger partial charge in [-0.3, -0.25) is 0 Å². The van der Waals surface area contributed by atoms with Crippen LogP contribution in [0.5, 0.6) is 0 Å². The topological polar surface area (TPSA) is 74.7 Å². The van der Waals surface area contributed by atoms with Crippen LogP contribution >= 0.6 is 0 Å². The van der Waals surface area contributed by atoms with Crippen LogP contribution in [0.4, 0.5) is 11.4 Å². The number of aliphatic hydroxyl groups is 2. The molecule has 0 spiro atoms. The maximum absolute atomic E-state index is 9.22. The van der Waals surface area contributed by atoms with Crippen molar-refractivity contribution >= 4 is 11.4 Å². The maximum atomic E-state index is 9.22. The number of aromatic nitrogens is 1. The molecule has 5 nitrogen and oxygen atoms in total. The van der Waals surface area contributed by atoms with Gasteiger partial charge in [0.1, 0.15) is 0 Å². The van der Waals surface area contributed by atoms with Gasteiger partial charge in [-0.2, -0.15) is 0 Å². The van der Waals surface area contributed by atoms with E-state index in [-0.39, 0.29) is 13.2 Å². The highest BCUT2D eigenvalue weighted by Crippen LogP contribution is 2.33. The van der Waals surface area contributed by atoms with E-state index in [1.807, 2.05) is 53.9 Å². The van der Waals surface area contributed by atoms with Crippen molar-refractivity contribution in [3.05, 3.63) is 36.0 Å². The lowest BCUT2D eigenvalue weighted by Gasteiger charge is -2.26. The van der Waals surface area contributed by atoms with E-state index in [0.717, 1.165) is 28.2 Å². The van der Waals surface area contributed by atoms with E-state index in [9.17, 15) is 10.2 Å². The van der Waals surface area contributed by atoms with Gasteiger partial charge < -0.3 is 25.4 Å². The first-order valence-electron chi connectivity index (χ1n) is 7.07. The summed E-state index contributed by atoms with van der Waals surface area (Å²) in [5, 5.41) is 18.4. The molecule has 0 radical (unpaired) electrons. The van der Waals surface area contributed by atoms with E-state index in [4.69, 9.17) is 5.73 Å². The fourth-order valence-electron chi connectivity index (χ4n) is 2.62. The van der Waals surface area contributed by atoms with Crippen molar-refractivity contribution in [2.24, 2.45) is 7.05 Å². The van der Waals surface area contributed by atoms with Crippen LogP contribution in [0.15, 0.2) is 30.5 Å². The number of nitrogens with two attached hydrogens (primary N) is 1. The molecule has 0 bridgehead atoms. The third-order valence-electron chi connectivity index (χ3n) is 3.67. The SMILES string of the molecule is Cc1cc(N)c(-c2cccn2C)cc1N(CCO)CCO. The van der Waals surface area contributed by atoms with Crippen LogP contribution in [0.25, 0.3) is 11.3 Å². The minimum absolute atomic E-state index is 0.0449. The van der Waals surface area contributed by atoms with Crippen LogP contribution in [0.1, 0.15) is 5.56 Å². The number of hydrogen-bond acceptors (Lipinski definition) is 4. The molecule has 1 heterocycles. The van der Waals surface area contributed by atoms with Gasteiger partial charge in [0.15, 0.2) is 0 Å². The average molecular weight is 289 g/mol. The van der Waals surface area contributed by atoms with E-state index < -0.39 is 0 Å². The first kappa shape index (κ1) is 15.4. The molecule has 0 aliphatic carbocycles. The molecule has 0 atom stereocenters. The third-order valence-corrected chi connectivity index (χ3v) is 3.67. The van der Waals surface area contributed by atoms with Gasteiger partial charge in [0.25, 0.3) is 0 Å². The van der Waals surface area contributed by atoms with Crippen LogP contribution in [-0.2, 0) is 7.05 Å². The molecule has 2 rings (SSSR count). The molecule has 114 valence electrons. The second-order valence-corrected chi connectivity index (χ2v) is 5.16. The summed E-state index contributed by atoms with van der Waals surface area (Å²) in [5.41, 5.74) is 10.9. The third kappa shape index (κ3) is 3.20. The molecule has 4 N–H and O–H groups in total. The molecule has 0 saturated carbocycles. The van der Waals surface area contributed by atoms with Gasteiger partial charge in [0.05, 0.1) is 13.2 Å². The molecule has 0 aliphatic heterocycles. The maximum Gasteiger partial charge on any atom is 0.0606 e. The van der Waals surface area contributed by atoms with Gasteiger partial charge in [0.2, 0.25) is 0 Å². The number of nitrogens with zero attached hydrogens (tertiary/aromatic N) is 2. The standard InChI is InChI=1S/C16H23N3O2/c1-12-10-14(17)13(15-4-3-5-18(15)2)11-16(12)19(6-8-20)7-9-21/h3-5,10-11,20-21H,6-9,17H2,1-2H3. The van der Waals surface area contributed by atoms with Crippen molar-refractivity contribution in [2.45, 2.75) is 6.92 Å².